The van der Waals surface area contributed by atoms with Gasteiger partial charge in [0.05, 0.1) is 17.5 Å². The van der Waals surface area contributed by atoms with Crippen molar-refractivity contribution in [3.8, 4) is 11.5 Å². The molecular weight excluding hydrogens is 520 g/mol. The van der Waals surface area contributed by atoms with E-state index >= 15 is 0 Å². The topological polar surface area (TPSA) is 113 Å². The average Bonchev–Trinajstić information content (AvgIpc) is 3.71. The summed E-state index contributed by atoms with van der Waals surface area (Å²) in [7, 11) is 0. The molecule has 8 rings (SSSR count). The van der Waals surface area contributed by atoms with Crippen molar-refractivity contribution in [2.75, 3.05) is 23.4 Å². The zero-order chi connectivity index (χ0) is 27.9. The number of benzene rings is 3. The van der Waals surface area contributed by atoms with E-state index in [2.05, 4.69) is 22.5 Å². The molecule has 4 aliphatic heterocycles. The van der Waals surface area contributed by atoms with E-state index < -0.39 is 29.3 Å². The summed E-state index contributed by atoms with van der Waals surface area (Å²) in [4.78, 5) is 47.2. The van der Waals surface area contributed by atoms with E-state index in [1.54, 1.807) is 18.2 Å². The van der Waals surface area contributed by atoms with Crippen LogP contribution >= 0.6 is 0 Å². The van der Waals surface area contributed by atoms with Crippen molar-refractivity contribution in [3.63, 3.8) is 0 Å². The van der Waals surface area contributed by atoms with Gasteiger partial charge < -0.3 is 19.8 Å². The number of aromatic amines is 1. The van der Waals surface area contributed by atoms with Crippen molar-refractivity contribution in [1.29, 1.82) is 0 Å². The molecule has 4 atom stereocenters. The molecule has 9 heteroatoms. The number of aromatic nitrogens is 1. The molecule has 2 fully saturated rings. The summed E-state index contributed by atoms with van der Waals surface area (Å²) in [6.45, 7) is 2.88. The molecular formula is C32H28N4O5. The first kappa shape index (κ1) is 24.2. The zero-order valence-electron chi connectivity index (χ0n) is 22.4. The predicted octanol–water partition coefficient (Wildman–Crippen LogP) is 3.67. The minimum atomic E-state index is -1.36. The lowest BCUT2D eigenvalue weighted by molar-refractivity contribution is -0.130. The van der Waals surface area contributed by atoms with Gasteiger partial charge in [-0.2, -0.15) is 0 Å². The Morgan fingerprint density at radius 2 is 1.78 bits per heavy atom. The average molecular weight is 549 g/mol. The third kappa shape index (κ3) is 3.29. The van der Waals surface area contributed by atoms with Gasteiger partial charge in [-0.25, -0.2) is 4.90 Å². The van der Waals surface area contributed by atoms with Crippen LogP contribution in [0.15, 0.2) is 66.9 Å². The summed E-state index contributed by atoms with van der Waals surface area (Å²) in [5.74, 6) is -1.60. The van der Waals surface area contributed by atoms with Crippen molar-refractivity contribution in [2.24, 2.45) is 11.8 Å². The summed E-state index contributed by atoms with van der Waals surface area (Å²) in [6, 6.07) is 18.5. The standard InChI is InChI=1S/C32H28N4O5/c1-2-17-7-9-23-21(13-17)32(31(39)34-23)28-27(24(35-32)14-18-16-33-22-6-4-3-5-20(18)22)29(37)36(30(28)38)19-8-10-25-26(15-19)41-12-11-40-25/h3-10,13,15-16,24,27-28,33,35H,2,11-12,14H2,1H3,(H,34,39). The van der Waals surface area contributed by atoms with Gasteiger partial charge in [-0.05, 0) is 48.2 Å². The number of amides is 3. The number of hydrogen-bond donors (Lipinski definition) is 3. The molecule has 4 aromatic rings. The highest BCUT2D eigenvalue weighted by atomic mass is 16.6. The van der Waals surface area contributed by atoms with Crippen molar-refractivity contribution < 1.29 is 23.9 Å². The first-order valence-corrected chi connectivity index (χ1v) is 14.0. The van der Waals surface area contributed by atoms with Gasteiger partial charge >= 0.3 is 0 Å². The number of carbonyl (C=O) groups is 3. The molecule has 9 nitrogen and oxygen atoms in total. The number of nitrogens with one attached hydrogen (secondary N) is 3. The molecule has 5 heterocycles. The Kier molecular flexibility index (Phi) is 5.12. The summed E-state index contributed by atoms with van der Waals surface area (Å²) >= 11 is 0. The van der Waals surface area contributed by atoms with Crippen LogP contribution < -0.4 is 25.0 Å². The normalized spacial score (nSPS) is 26.1. The molecule has 0 saturated carbocycles. The van der Waals surface area contributed by atoms with E-state index in [0.717, 1.165) is 34.0 Å². The lowest BCUT2D eigenvalue weighted by Crippen LogP contribution is -2.53. The molecule has 3 aromatic carbocycles. The number of rotatable bonds is 4. The van der Waals surface area contributed by atoms with Crippen molar-refractivity contribution in [3.05, 3.63) is 83.6 Å². The quantitative estimate of drug-likeness (QED) is 0.336. The van der Waals surface area contributed by atoms with E-state index in [1.807, 2.05) is 48.7 Å². The van der Waals surface area contributed by atoms with Crippen LogP contribution in [0, 0.1) is 11.8 Å². The highest BCUT2D eigenvalue weighted by Gasteiger charge is 2.70. The van der Waals surface area contributed by atoms with Gasteiger partial charge in [0.15, 0.2) is 11.5 Å². The summed E-state index contributed by atoms with van der Waals surface area (Å²) in [6.07, 6.45) is 3.20. The van der Waals surface area contributed by atoms with Gasteiger partial charge in [0.25, 0.3) is 0 Å². The molecule has 4 unspecified atom stereocenters. The number of ether oxygens (including phenoxy) is 2. The number of carbonyl (C=O) groups excluding carboxylic acids is 3. The van der Waals surface area contributed by atoms with Gasteiger partial charge in [-0.1, -0.05) is 37.3 Å². The second-order valence-corrected chi connectivity index (χ2v) is 11.2. The van der Waals surface area contributed by atoms with Gasteiger partial charge in [-0.3, -0.25) is 19.7 Å². The van der Waals surface area contributed by atoms with Crippen LogP contribution in [0.1, 0.15) is 23.6 Å². The first-order chi connectivity index (χ1) is 20.0. The van der Waals surface area contributed by atoms with Crippen LogP contribution in [-0.2, 0) is 32.8 Å². The summed E-state index contributed by atoms with van der Waals surface area (Å²) in [5.41, 5.74) is 3.52. The van der Waals surface area contributed by atoms with Crippen LogP contribution in [0.5, 0.6) is 11.5 Å². The number of imide groups is 1. The fourth-order valence-electron chi connectivity index (χ4n) is 7.21. The molecule has 4 aliphatic rings. The Morgan fingerprint density at radius 3 is 2.63 bits per heavy atom. The first-order valence-electron chi connectivity index (χ1n) is 14.0. The van der Waals surface area contributed by atoms with Gasteiger partial charge in [0, 0.05) is 40.5 Å². The molecule has 206 valence electrons. The minimum absolute atomic E-state index is 0.303. The van der Waals surface area contributed by atoms with Gasteiger partial charge in [0.2, 0.25) is 17.7 Å². The van der Waals surface area contributed by atoms with E-state index in [-0.39, 0.29) is 11.8 Å². The summed E-state index contributed by atoms with van der Waals surface area (Å²) < 4.78 is 11.4. The Morgan fingerprint density at radius 1 is 0.951 bits per heavy atom. The predicted molar refractivity (Wildman–Crippen MR) is 152 cm³/mol. The second kappa shape index (κ2) is 8.68. The Hall–Kier alpha value is -4.63. The number of para-hydroxylation sites is 1. The van der Waals surface area contributed by atoms with Crippen LogP contribution in [0.4, 0.5) is 11.4 Å². The molecule has 0 radical (unpaired) electrons. The van der Waals surface area contributed by atoms with Crippen molar-refractivity contribution in [2.45, 2.75) is 31.3 Å². The number of anilines is 2. The van der Waals surface area contributed by atoms with Crippen LogP contribution in [-0.4, -0.2) is 42.0 Å². The van der Waals surface area contributed by atoms with E-state index in [4.69, 9.17) is 9.47 Å². The fourth-order valence-corrected chi connectivity index (χ4v) is 7.21. The third-order valence-corrected chi connectivity index (χ3v) is 9.09. The maximum Gasteiger partial charge on any atom is 0.250 e. The van der Waals surface area contributed by atoms with E-state index in [1.165, 1.54) is 4.90 Å². The molecule has 3 amide bonds. The third-order valence-electron chi connectivity index (χ3n) is 9.09. The Balaban J connectivity index is 1.27. The van der Waals surface area contributed by atoms with Gasteiger partial charge in [0.1, 0.15) is 18.8 Å². The Bertz CT molecular complexity index is 1780. The van der Waals surface area contributed by atoms with E-state index in [9.17, 15) is 14.4 Å². The second-order valence-electron chi connectivity index (χ2n) is 11.2. The fraction of sp³-hybridized carbons (Fsp3) is 0.281. The van der Waals surface area contributed by atoms with Crippen molar-refractivity contribution >= 4 is 40.0 Å². The maximum absolute atomic E-state index is 14.4. The number of nitrogens with zero attached hydrogens (tertiary/aromatic N) is 1. The number of fused-ring (bicyclic) bond motifs is 6. The monoisotopic (exact) mass is 548 g/mol. The number of hydrogen-bond acceptors (Lipinski definition) is 6. The number of H-pyrrole nitrogens is 1. The zero-order valence-corrected chi connectivity index (χ0v) is 22.4. The van der Waals surface area contributed by atoms with Crippen LogP contribution in [0.2, 0.25) is 0 Å². The minimum Gasteiger partial charge on any atom is -0.486 e. The van der Waals surface area contributed by atoms with Crippen molar-refractivity contribution in [1.82, 2.24) is 10.3 Å². The van der Waals surface area contributed by atoms with Crippen LogP contribution in [0.3, 0.4) is 0 Å². The molecule has 2 saturated heterocycles. The Labute approximate surface area is 235 Å². The largest absolute Gasteiger partial charge is 0.486 e. The molecule has 0 bridgehead atoms. The molecule has 3 N–H and O–H groups in total. The highest BCUT2D eigenvalue weighted by Crippen LogP contribution is 2.54. The lowest BCUT2D eigenvalue weighted by atomic mass is 9.76. The SMILES string of the molecule is CCc1ccc2c(c1)C1(NC(Cc3c[nH]c4ccccc34)C3C(=O)N(c4ccc5c(c4)OCCO5)C(=O)C31)C(=O)N2. The molecule has 1 aromatic heterocycles. The van der Waals surface area contributed by atoms with Crippen LogP contribution in [0.25, 0.3) is 10.9 Å². The van der Waals surface area contributed by atoms with Gasteiger partial charge in [-0.15, -0.1) is 0 Å². The smallest absolute Gasteiger partial charge is 0.250 e. The number of aryl methyl sites for hydroxylation is 1. The maximum atomic E-state index is 14.4. The molecule has 41 heavy (non-hydrogen) atoms. The van der Waals surface area contributed by atoms with E-state index in [0.29, 0.717) is 42.5 Å². The molecule has 1 spiro atoms. The summed E-state index contributed by atoms with van der Waals surface area (Å²) in [5, 5.41) is 7.63. The molecule has 0 aliphatic carbocycles. The lowest BCUT2D eigenvalue weighted by Gasteiger charge is -2.30. The highest BCUT2D eigenvalue weighted by molar-refractivity contribution is 6.26.